The second-order valence-corrected chi connectivity index (χ2v) is 3.76. The van der Waals surface area contributed by atoms with Crippen molar-refractivity contribution in [3.8, 4) is 0 Å². The lowest BCUT2D eigenvalue weighted by Crippen LogP contribution is -1.97. The molecule has 96 valence electrons. The van der Waals surface area contributed by atoms with E-state index in [9.17, 15) is 4.79 Å². The van der Waals surface area contributed by atoms with Crippen LogP contribution in [0, 0.1) is 5.41 Å². The Balaban J connectivity index is 2.69. The van der Waals surface area contributed by atoms with Gasteiger partial charge in [0.15, 0.2) is 5.84 Å². The maximum Gasteiger partial charge on any atom is 0.224 e. The Morgan fingerprint density at radius 2 is 2.00 bits per heavy atom. The van der Waals surface area contributed by atoms with Gasteiger partial charge in [0.2, 0.25) is 5.29 Å². The molecule has 0 aliphatic heterocycles. The van der Waals surface area contributed by atoms with Gasteiger partial charge in [-0.3, -0.25) is 10.2 Å². The predicted octanol–water partition coefficient (Wildman–Crippen LogP) is 2.99. The summed E-state index contributed by atoms with van der Waals surface area (Å²) < 4.78 is 0. The molecule has 5 heteroatoms. The van der Waals surface area contributed by atoms with Crippen LogP contribution in [0.3, 0.4) is 0 Å². The fraction of sp³-hybridized carbons (Fsp3) is 0. The second-order valence-electron chi connectivity index (χ2n) is 3.42. The Morgan fingerprint density at radius 1 is 1.32 bits per heavy atom. The molecule has 0 aliphatic rings. The van der Waals surface area contributed by atoms with Crippen LogP contribution in [0.5, 0.6) is 0 Å². The maximum absolute atomic E-state index is 10.1. The largest absolute Gasteiger partial charge is 0.299 e. The van der Waals surface area contributed by atoms with Gasteiger partial charge in [-0.15, -0.1) is 0 Å². The highest BCUT2D eigenvalue weighted by molar-refractivity contribution is 6.66. The lowest BCUT2D eigenvalue weighted by atomic mass is 10.2. The van der Waals surface area contributed by atoms with Crippen molar-refractivity contribution in [1.29, 1.82) is 5.41 Å². The molecule has 1 rings (SSSR count). The number of carbonyl (C=O) groups excluding carboxylic acids is 1. The molecule has 0 amide bonds. The maximum atomic E-state index is 10.1. The van der Waals surface area contributed by atoms with Crippen LogP contribution in [0.2, 0.25) is 0 Å². The van der Waals surface area contributed by atoms with Gasteiger partial charge < -0.3 is 0 Å². The van der Waals surface area contributed by atoms with Gasteiger partial charge in [0.05, 0.1) is 0 Å². The smallest absolute Gasteiger partial charge is 0.224 e. The highest BCUT2D eigenvalue weighted by atomic mass is 35.5. The van der Waals surface area contributed by atoms with Crippen LogP contribution >= 0.6 is 11.6 Å². The van der Waals surface area contributed by atoms with Crippen LogP contribution in [0.25, 0.3) is 0 Å². The van der Waals surface area contributed by atoms with Crippen LogP contribution in [0.15, 0.2) is 64.6 Å². The summed E-state index contributed by atoms with van der Waals surface area (Å²) in [4.78, 5) is 17.8. The molecule has 0 aliphatic carbocycles. The van der Waals surface area contributed by atoms with E-state index in [2.05, 4.69) is 16.6 Å². The zero-order valence-corrected chi connectivity index (χ0v) is 10.8. The van der Waals surface area contributed by atoms with Crippen molar-refractivity contribution >= 4 is 35.2 Å². The minimum Gasteiger partial charge on any atom is -0.299 e. The standard InChI is InChI=1S/C14H12ClN3O/c1-11(6-5-9-19)13(16)18-14(15)17-10-12-7-3-2-4-8-12/h2-10,16H,1H2/b6-5-,16-13?,17-10+,18-14-. The molecule has 0 saturated heterocycles. The summed E-state index contributed by atoms with van der Waals surface area (Å²) in [6, 6.07) is 9.38. The van der Waals surface area contributed by atoms with Crippen molar-refractivity contribution in [2.45, 2.75) is 0 Å². The fourth-order valence-electron chi connectivity index (χ4n) is 1.09. The number of nitrogens with zero attached hydrogens (tertiary/aromatic N) is 2. The summed E-state index contributed by atoms with van der Waals surface area (Å²) in [5, 5.41) is 7.50. The lowest BCUT2D eigenvalue weighted by Gasteiger charge is -1.96. The van der Waals surface area contributed by atoms with Gasteiger partial charge in [0.25, 0.3) is 0 Å². The van der Waals surface area contributed by atoms with Crippen molar-refractivity contribution in [2.24, 2.45) is 9.98 Å². The zero-order valence-electron chi connectivity index (χ0n) is 10.1. The van der Waals surface area contributed by atoms with Crippen LogP contribution in [-0.2, 0) is 4.79 Å². The Hall–Kier alpha value is -2.33. The van der Waals surface area contributed by atoms with E-state index in [1.165, 1.54) is 12.2 Å². The van der Waals surface area contributed by atoms with E-state index >= 15 is 0 Å². The van der Waals surface area contributed by atoms with Gasteiger partial charge in [0, 0.05) is 11.8 Å². The zero-order chi connectivity index (χ0) is 14.1. The predicted molar refractivity (Wildman–Crippen MR) is 79.4 cm³/mol. The highest BCUT2D eigenvalue weighted by Gasteiger charge is 1.98. The number of allylic oxidation sites excluding steroid dienone is 1. The number of carbonyl (C=O) groups is 1. The number of aldehydes is 1. The molecule has 19 heavy (non-hydrogen) atoms. The molecule has 0 aromatic heterocycles. The molecule has 1 N–H and O–H groups in total. The number of rotatable bonds is 4. The summed E-state index contributed by atoms with van der Waals surface area (Å²) in [6.45, 7) is 3.58. The Labute approximate surface area is 116 Å². The summed E-state index contributed by atoms with van der Waals surface area (Å²) in [6.07, 6.45) is 4.75. The van der Waals surface area contributed by atoms with E-state index in [-0.39, 0.29) is 16.7 Å². The topological polar surface area (TPSA) is 65.6 Å². The van der Waals surface area contributed by atoms with Crippen LogP contribution in [0.1, 0.15) is 5.56 Å². The minimum absolute atomic E-state index is 0.0745. The highest BCUT2D eigenvalue weighted by Crippen LogP contribution is 2.01. The van der Waals surface area contributed by atoms with Crippen LogP contribution < -0.4 is 0 Å². The van der Waals surface area contributed by atoms with E-state index in [0.29, 0.717) is 6.29 Å². The average molecular weight is 274 g/mol. The van der Waals surface area contributed by atoms with Crippen molar-refractivity contribution in [1.82, 2.24) is 0 Å². The Morgan fingerprint density at radius 3 is 2.63 bits per heavy atom. The molecule has 0 bridgehead atoms. The number of halogens is 1. The van der Waals surface area contributed by atoms with Gasteiger partial charge in [-0.25, -0.2) is 4.99 Å². The number of hydrogen-bond acceptors (Lipinski definition) is 2. The molecule has 0 saturated carbocycles. The van der Waals surface area contributed by atoms with E-state index in [1.54, 1.807) is 6.21 Å². The summed E-state index contributed by atoms with van der Waals surface area (Å²) >= 11 is 5.78. The molecule has 0 atom stereocenters. The van der Waals surface area contributed by atoms with Crippen molar-refractivity contribution < 1.29 is 4.79 Å². The van der Waals surface area contributed by atoms with Gasteiger partial charge in [-0.1, -0.05) is 36.9 Å². The van der Waals surface area contributed by atoms with Gasteiger partial charge >= 0.3 is 0 Å². The molecular formula is C14H12ClN3O. The number of amidine groups is 2. The third-order valence-electron chi connectivity index (χ3n) is 2.00. The number of aliphatic imine (C=N–C) groups is 2. The third kappa shape index (κ3) is 5.70. The van der Waals surface area contributed by atoms with E-state index in [1.807, 2.05) is 30.3 Å². The molecule has 0 unspecified atom stereocenters. The first-order chi connectivity index (χ1) is 9.13. The van der Waals surface area contributed by atoms with Crippen molar-refractivity contribution in [3.05, 3.63) is 60.2 Å². The van der Waals surface area contributed by atoms with Crippen molar-refractivity contribution in [3.63, 3.8) is 0 Å². The minimum atomic E-state index is -0.145. The molecule has 0 radical (unpaired) electrons. The first-order valence-corrected chi connectivity index (χ1v) is 5.74. The Kier molecular flexibility index (Phi) is 6.12. The Bertz CT molecular complexity index is 559. The lowest BCUT2D eigenvalue weighted by molar-refractivity contribution is -0.104. The molecule has 0 fully saturated rings. The van der Waals surface area contributed by atoms with E-state index in [4.69, 9.17) is 17.0 Å². The first kappa shape index (κ1) is 14.7. The molecule has 1 aromatic rings. The molecule has 4 nitrogen and oxygen atoms in total. The monoisotopic (exact) mass is 273 g/mol. The molecular weight excluding hydrogens is 262 g/mol. The van der Waals surface area contributed by atoms with Crippen LogP contribution in [0.4, 0.5) is 0 Å². The first-order valence-electron chi connectivity index (χ1n) is 5.36. The SMILES string of the molecule is C=C(/C=C\C=O)C(=N)/N=C(Cl)\N=C\c1ccccc1. The van der Waals surface area contributed by atoms with Gasteiger partial charge in [-0.05, 0) is 29.3 Å². The molecule has 0 spiro atoms. The number of benzene rings is 1. The van der Waals surface area contributed by atoms with E-state index < -0.39 is 0 Å². The fourth-order valence-corrected chi connectivity index (χ4v) is 1.23. The summed E-state index contributed by atoms with van der Waals surface area (Å²) in [5.74, 6) is -0.145. The number of hydrogen-bond donors (Lipinski definition) is 1. The summed E-state index contributed by atoms with van der Waals surface area (Å²) in [5.41, 5.74) is 1.15. The average Bonchev–Trinajstić information content (AvgIpc) is 2.43. The van der Waals surface area contributed by atoms with Crippen LogP contribution in [-0.4, -0.2) is 23.6 Å². The second kappa shape index (κ2) is 7.89. The molecule has 1 aromatic carbocycles. The van der Waals surface area contributed by atoms with E-state index in [0.717, 1.165) is 5.56 Å². The van der Waals surface area contributed by atoms with Gasteiger partial charge in [-0.2, -0.15) is 4.99 Å². The summed E-state index contributed by atoms with van der Waals surface area (Å²) in [7, 11) is 0. The quantitative estimate of drug-likeness (QED) is 0.225. The molecule has 0 heterocycles. The number of nitrogens with one attached hydrogen (secondary N) is 1. The normalized spacial score (nSPS) is 11.9. The van der Waals surface area contributed by atoms with Crippen molar-refractivity contribution in [2.75, 3.05) is 0 Å². The van der Waals surface area contributed by atoms with Gasteiger partial charge in [0.1, 0.15) is 6.29 Å². The third-order valence-corrected chi connectivity index (χ3v) is 2.19.